The first kappa shape index (κ1) is 9.06. The lowest BCUT2D eigenvalue weighted by atomic mass is 10.5. The average molecular weight is 188 g/mol. The molecule has 0 aliphatic rings. The number of nitrogens with zero attached hydrogens (tertiary/aromatic N) is 2. The van der Waals surface area contributed by atoms with Gasteiger partial charge < -0.3 is 10.5 Å². The van der Waals surface area contributed by atoms with Gasteiger partial charge in [-0.15, -0.1) is 0 Å². The maximum absolute atomic E-state index is 5.61. The van der Waals surface area contributed by atoms with Crippen LogP contribution >= 0.6 is 11.6 Å². The molecule has 12 heavy (non-hydrogen) atoms. The lowest BCUT2D eigenvalue weighted by molar-refractivity contribution is 0.222. The number of rotatable bonds is 2. The molecule has 1 heterocycles. The Hall–Kier alpha value is -1.03. The third-order valence-corrected chi connectivity index (χ3v) is 1.38. The normalized spacial score (nSPS) is 10.3. The summed E-state index contributed by atoms with van der Waals surface area (Å²) in [4.78, 5) is 7.66. The Morgan fingerprint density at radius 1 is 1.58 bits per heavy atom. The second-order valence-corrected chi connectivity index (χ2v) is 2.96. The van der Waals surface area contributed by atoms with Gasteiger partial charge in [-0.05, 0) is 13.8 Å². The molecule has 0 amide bonds. The van der Waals surface area contributed by atoms with Gasteiger partial charge in [0.15, 0.2) is 0 Å². The van der Waals surface area contributed by atoms with Crippen LogP contribution in [0.4, 0.5) is 5.82 Å². The van der Waals surface area contributed by atoms with Gasteiger partial charge in [0, 0.05) is 0 Å². The van der Waals surface area contributed by atoms with E-state index in [9.17, 15) is 0 Å². The van der Waals surface area contributed by atoms with E-state index in [1.54, 1.807) is 0 Å². The SMILES string of the molecule is CC(C)Oc1ncc(Cl)c(N)n1. The van der Waals surface area contributed by atoms with E-state index in [-0.39, 0.29) is 17.9 Å². The van der Waals surface area contributed by atoms with Crippen molar-refractivity contribution in [1.29, 1.82) is 0 Å². The molecular weight excluding hydrogens is 178 g/mol. The van der Waals surface area contributed by atoms with Crippen molar-refractivity contribution in [3.05, 3.63) is 11.2 Å². The van der Waals surface area contributed by atoms with Crippen molar-refractivity contribution in [2.24, 2.45) is 0 Å². The molecule has 1 aromatic heterocycles. The van der Waals surface area contributed by atoms with Gasteiger partial charge in [-0.3, -0.25) is 0 Å². The molecule has 0 atom stereocenters. The summed E-state index contributed by atoms with van der Waals surface area (Å²) in [5.74, 6) is 0.238. The first-order chi connectivity index (χ1) is 5.59. The number of nitrogen functional groups attached to an aromatic ring is 1. The standard InChI is InChI=1S/C7H10ClN3O/c1-4(2)12-7-10-3-5(8)6(9)11-7/h3-4H,1-2H3,(H2,9,10,11). The number of halogens is 1. The highest BCUT2D eigenvalue weighted by Gasteiger charge is 2.03. The zero-order chi connectivity index (χ0) is 9.14. The maximum atomic E-state index is 5.61. The minimum Gasteiger partial charge on any atom is -0.461 e. The van der Waals surface area contributed by atoms with E-state index in [2.05, 4.69) is 9.97 Å². The smallest absolute Gasteiger partial charge is 0.318 e. The summed E-state index contributed by atoms with van der Waals surface area (Å²) in [7, 11) is 0. The first-order valence-corrected chi connectivity index (χ1v) is 3.92. The summed E-state index contributed by atoms with van der Waals surface area (Å²) < 4.78 is 5.19. The number of hydrogen-bond donors (Lipinski definition) is 1. The highest BCUT2D eigenvalue weighted by molar-refractivity contribution is 6.32. The monoisotopic (exact) mass is 187 g/mol. The molecule has 0 bridgehead atoms. The van der Waals surface area contributed by atoms with Crippen molar-refractivity contribution in [1.82, 2.24) is 9.97 Å². The van der Waals surface area contributed by atoms with Crippen LogP contribution < -0.4 is 10.5 Å². The van der Waals surface area contributed by atoms with Crippen LogP contribution in [0, 0.1) is 0 Å². The molecule has 0 saturated carbocycles. The number of nitrogens with two attached hydrogens (primary N) is 1. The third kappa shape index (κ3) is 2.23. The number of ether oxygens (including phenoxy) is 1. The van der Waals surface area contributed by atoms with E-state index in [1.807, 2.05) is 13.8 Å². The van der Waals surface area contributed by atoms with Crippen LogP contribution in [-0.2, 0) is 0 Å². The minimum absolute atomic E-state index is 0.0329. The molecule has 0 unspecified atom stereocenters. The van der Waals surface area contributed by atoms with E-state index < -0.39 is 0 Å². The van der Waals surface area contributed by atoms with Crippen LogP contribution in [-0.4, -0.2) is 16.1 Å². The van der Waals surface area contributed by atoms with E-state index in [0.717, 1.165) is 0 Å². The molecule has 1 rings (SSSR count). The summed E-state index contributed by atoms with van der Waals surface area (Å²) in [5.41, 5.74) is 5.43. The fourth-order valence-electron chi connectivity index (χ4n) is 0.631. The lowest BCUT2D eigenvalue weighted by Gasteiger charge is -2.07. The van der Waals surface area contributed by atoms with Gasteiger partial charge in [0.1, 0.15) is 10.8 Å². The van der Waals surface area contributed by atoms with E-state index >= 15 is 0 Å². The Balaban J connectivity index is 2.82. The summed E-state index contributed by atoms with van der Waals surface area (Å²) >= 11 is 5.61. The molecule has 4 nitrogen and oxygen atoms in total. The van der Waals surface area contributed by atoms with Crippen molar-refractivity contribution in [2.75, 3.05) is 5.73 Å². The third-order valence-electron chi connectivity index (χ3n) is 1.09. The van der Waals surface area contributed by atoms with Crippen molar-refractivity contribution in [2.45, 2.75) is 20.0 Å². The predicted molar refractivity (Wildman–Crippen MR) is 47.2 cm³/mol. The molecule has 0 aliphatic carbocycles. The molecule has 0 saturated heterocycles. The van der Waals surface area contributed by atoms with Gasteiger partial charge in [-0.1, -0.05) is 11.6 Å². The molecule has 66 valence electrons. The lowest BCUT2D eigenvalue weighted by Crippen LogP contribution is -2.09. The highest BCUT2D eigenvalue weighted by atomic mass is 35.5. The van der Waals surface area contributed by atoms with Crippen LogP contribution in [0.15, 0.2) is 6.20 Å². The van der Waals surface area contributed by atoms with E-state index in [0.29, 0.717) is 5.02 Å². The van der Waals surface area contributed by atoms with Gasteiger partial charge in [0.05, 0.1) is 12.3 Å². The van der Waals surface area contributed by atoms with Crippen LogP contribution in [0.5, 0.6) is 6.01 Å². The van der Waals surface area contributed by atoms with Crippen molar-refractivity contribution in [3.8, 4) is 6.01 Å². The van der Waals surface area contributed by atoms with Crippen LogP contribution in [0.2, 0.25) is 5.02 Å². The second-order valence-electron chi connectivity index (χ2n) is 2.55. The topological polar surface area (TPSA) is 61.0 Å². The van der Waals surface area contributed by atoms with Crippen LogP contribution in [0.25, 0.3) is 0 Å². The maximum Gasteiger partial charge on any atom is 0.318 e. The summed E-state index contributed by atoms with van der Waals surface area (Å²) in [6.07, 6.45) is 1.45. The molecule has 0 fully saturated rings. The minimum atomic E-state index is 0.0329. The Morgan fingerprint density at radius 3 is 2.75 bits per heavy atom. The summed E-state index contributed by atoms with van der Waals surface area (Å²) in [6.45, 7) is 3.77. The average Bonchev–Trinajstić information content (AvgIpc) is 1.96. The Morgan fingerprint density at radius 2 is 2.25 bits per heavy atom. The molecule has 0 spiro atoms. The quantitative estimate of drug-likeness (QED) is 0.762. The summed E-state index contributed by atoms with van der Waals surface area (Å²) in [6, 6.07) is 0.256. The first-order valence-electron chi connectivity index (χ1n) is 3.54. The zero-order valence-electron chi connectivity index (χ0n) is 6.91. The van der Waals surface area contributed by atoms with Gasteiger partial charge in [-0.25, -0.2) is 4.98 Å². The molecule has 5 heteroatoms. The van der Waals surface area contributed by atoms with Gasteiger partial charge in [-0.2, -0.15) is 4.98 Å². The van der Waals surface area contributed by atoms with E-state index in [4.69, 9.17) is 22.1 Å². The number of aromatic nitrogens is 2. The molecule has 0 aliphatic heterocycles. The van der Waals surface area contributed by atoms with Crippen LogP contribution in [0.1, 0.15) is 13.8 Å². The van der Waals surface area contributed by atoms with Gasteiger partial charge in [0.2, 0.25) is 0 Å². The van der Waals surface area contributed by atoms with Crippen LogP contribution in [0.3, 0.4) is 0 Å². The zero-order valence-corrected chi connectivity index (χ0v) is 7.67. The highest BCUT2D eigenvalue weighted by Crippen LogP contribution is 2.16. The van der Waals surface area contributed by atoms with Crippen molar-refractivity contribution < 1.29 is 4.74 Å². The second kappa shape index (κ2) is 3.58. The fourth-order valence-corrected chi connectivity index (χ4v) is 0.722. The fraction of sp³-hybridized carbons (Fsp3) is 0.429. The number of anilines is 1. The number of hydrogen-bond acceptors (Lipinski definition) is 4. The molecule has 0 radical (unpaired) electrons. The van der Waals surface area contributed by atoms with Crippen molar-refractivity contribution in [3.63, 3.8) is 0 Å². The molecule has 1 aromatic rings. The Bertz CT molecular complexity index is 277. The van der Waals surface area contributed by atoms with Gasteiger partial charge in [0.25, 0.3) is 0 Å². The molecular formula is C7H10ClN3O. The summed E-state index contributed by atoms with van der Waals surface area (Å²) in [5, 5.41) is 0.339. The molecule has 2 N–H and O–H groups in total. The largest absolute Gasteiger partial charge is 0.461 e. The van der Waals surface area contributed by atoms with Gasteiger partial charge >= 0.3 is 6.01 Å². The van der Waals surface area contributed by atoms with E-state index in [1.165, 1.54) is 6.20 Å². The Kier molecular flexibility index (Phi) is 2.70. The predicted octanol–water partition coefficient (Wildman–Crippen LogP) is 1.50. The Labute approximate surface area is 75.7 Å². The van der Waals surface area contributed by atoms with Crippen molar-refractivity contribution >= 4 is 17.4 Å². The molecule has 0 aromatic carbocycles.